The lowest BCUT2D eigenvalue weighted by Crippen LogP contribution is -2.38. The summed E-state index contributed by atoms with van der Waals surface area (Å²) < 4.78 is 5.63. The van der Waals surface area contributed by atoms with Gasteiger partial charge in [-0.3, -0.25) is 4.90 Å². The van der Waals surface area contributed by atoms with Crippen LogP contribution in [0.15, 0.2) is 0 Å². The smallest absolute Gasteiger partial charge is 0.0702 e. The van der Waals surface area contributed by atoms with Gasteiger partial charge in [0.15, 0.2) is 0 Å². The third-order valence-electron chi connectivity index (χ3n) is 2.55. The second-order valence-corrected chi connectivity index (χ2v) is 4.58. The summed E-state index contributed by atoms with van der Waals surface area (Å²) >= 11 is 0. The lowest BCUT2D eigenvalue weighted by molar-refractivity contribution is 0.0703. The first-order chi connectivity index (χ1) is 6.72. The molecule has 1 unspecified atom stereocenters. The molecule has 1 saturated heterocycles. The van der Waals surface area contributed by atoms with Crippen molar-refractivity contribution < 1.29 is 4.74 Å². The van der Waals surface area contributed by atoms with Crippen LogP contribution in [0.1, 0.15) is 26.7 Å². The predicted octanol–water partition coefficient (Wildman–Crippen LogP) is 1.08. The Hall–Kier alpha value is -0.120. The third kappa shape index (κ3) is 4.40. The molecule has 1 heterocycles. The number of nitrogens with two attached hydrogens (primary N) is 1. The van der Waals surface area contributed by atoms with Gasteiger partial charge in [-0.1, -0.05) is 13.8 Å². The van der Waals surface area contributed by atoms with Crippen molar-refractivity contribution in [2.24, 2.45) is 11.7 Å². The lowest BCUT2D eigenvalue weighted by atomic mass is 10.1. The minimum Gasteiger partial charge on any atom is -0.377 e. The monoisotopic (exact) mass is 200 g/mol. The van der Waals surface area contributed by atoms with Gasteiger partial charge >= 0.3 is 0 Å². The number of ether oxygens (including phenoxy) is 1. The molecule has 14 heavy (non-hydrogen) atoms. The van der Waals surface area contributed by atoms with Gasteiger partial charge in [-0.2, -0.15) is 0 Å². The molecule has 1 fully saturated rings. The second-order valence-electron chi connectivity index (χ2n) is 4.58. The van der Waals surface area contributed by atoms with E-state index in [0.29, 0.717) is 12.0 Å². The van der Waals surface area contributed by atoms with Gasteiger partial charge < -0.3 is 10.5 Å². The third-order valence-corrected chi connectivity index (χ3v) is 2.55. The number of hydrogen-bond donors (Lipinski definition) is 1. The van der Waals surface area contributed by atoms with E-state index in [0.717, 1.165) is 32.8 Å². The molecule has 3 heteroatoms. The quantitative estimate of drug-likeness (QED) is 0.697. The topological polar surface area (TPSA) is 38.5 Å². The maximum atomic E-state index is 5.63. The molecule has 0 aromatic heterocycles. The predicted molar refractivity (Wildman–Crippen MR) is 59.3 cm³/mol. The van der Waals surface area contributed by atoms with E-state index in [2.05, 4.69) is 18.7 Å². The molecular formula is C11H24N2O. The van der Waals surface area contributed by atoms with Crippen molar-refractivity contribution in [3.63, 3.8) is 0 Å². The highest BCUT2D eigenvalue weighted by Crippen LogP contribution is 2.13. The van der Waals surface area contributed by atoms with Gasteiger partial charge in [0.05, 0.1) is 6.10 Å². The molecule has 84 valence electrons. The summed E-state index contributed by atoms with van der Waals surface area (Å²) in [4.78, 5) is 2.43. The van der Waals surface area contributed by atoms with Gasteiger partial charge in [0.25, 0.3) is 0 Å². The van der Waals surface area contributed by atoms with Crippen molar-refractivity contribution in [1.29, 1.82) is 0 Å². The van der Waals surface area contributed by atoms with Crippen molar-refractivity contribution in [3.8, 4) is 0 Å². The second kappa shape index (κ2) is 6.38. The number of rotatable bonds is 6. The zero-order valence-corrected chi connectivity index (χ0v) is 9.54. The minimum absolute atomic E-state index is 0.459. The number of hydrogen-bond acceptors (Lipinski definition) is 3. The van der Waals surface area contributed by atoms with E-state index < -0.39 is 0 Å². The fraction of sp³-hybridized carbons (Fsp3) is 1.00. The molecule has 1 atom stereocenters. The molecule has 0 radical (unpaired) electrons. The Morgan fingerprint density at radius 1 is 1.50 bits per heavy atom. The van der Waals surface area contributed by atoms with Crippen LogP contribution in [-0.4, -0.2) is 43.8 Å². The molecule has 0 aliphatic carbocycles. The SMILES string of the molecule is CC(C)CN(CCN)CC1CCCO1. The first kappa shape index (κ1) is 12.0. The van der Waals surface area contributed by atoms with Crippen LogP contribution in [-0.2, 0) is 4.74 Å². The van der Waals surface area contributed by atoms with Crippen LogP contribution in [0.2, 0.25) is 0 Å². The van der Waals surface area contributed by atoms with E-state index >= 15 is 0 Å². The molecule has 0 spiro atoms. The molecule has 0 aromatic rings. The maximum absolute atomic E-state index is 5.63. The first-order valence-corrected chi connectivity index (χ1v) is 5.76. The van der Waals surface area contributed by atoms with E-state index in [9.17, 15) is 0 Å². The van der Waals surface area contributed by atoms with Crippen LogP contribution in [0.25, 0.3) is 0 Å². The molecule has 1 aliphatic heterocycles. The fourth-order valence-electron chi connectivity index (χ4n) is 2.03. The zero-order valence-electron chi connectivity index (χ0n) is 9.54. The van der Waals surface area contributed by atoms with Crippen molar-refractivity contribution in [3.05, 3.63) is 0 Å². The minimum atomic E-state index is 0.459. The standard InChI is InChI=1S/C11H24N2O/c1-10(2)8-13(6-5-12)9-11-4-3-7-14-11/h10-11H,3-9,12H2,1-2H3. The first-order valence-electron chi connectivity index (χ1n) is 5.76. The Kier molecular flexibility index (Phi) is 5.45. The fourth-order valence-corrected chi connectivity index (χ4v) is 2.03. The zero-order chi connectivity index (χ0) is 10.4. The largest absolute Gasteiger partial charge is 0.377 e. The van der Waals surface area contributed by atoms with Gasteiger partial charge in [0.2, 0.25) is 0 Å². The van der Waals surface area contributed by atoms with E-state index in [4.69, 9.17) is 10.5 Å². The lowest BCUT2D eigenvalue weighted by Gasteiger charge is -2.26. The van der Waals surface area contributed by atoms with Crippen LogP contribution < -0.4 is 5.73 Å². The molecule has 3 nitrogen and oxygen atoms in total. The molecule has 1 rings (SSSR count). The molecular weight excluding hydrogens is 176 g/mol. The van der Waals surface area contributed by atoms with Gasteiger partial charge in [0.1, 0.15) is 0 Å². The summed E-state index contributed by atoms with van der Waals surface area (Å²) in [5, 5.41) is 0. The van der Waals surface area contributed by atoms with Crippen molar-refractivity contribution >= 4 is 0 Å². The summed E-state index contributed by atoms with van der Waals surface area (Å²) in [6, 6.07) is 0. The molecule has 1 aliphatic rings. The van der Waals surface area contributed by atoms with E-state index in [1.807, 2.05) is 0 Å². The van der Waals surface area contributed by atoms with Crippen molar-refractivity contribution in [1.82, 2.24) is 4.90 Å². The van der Waals surface area contributed by atoms with E-state index in [1.165, 1.54) is 12.8 Å². The average molecular weight is 200 g/mol. The Morgan fingerprint density at radius 2 is 2.29 bits per heavy atom. The van der Waals surface area contributed by atoms with Crippen LogP contribution in [0, 0.1) is 5.92 Å². The summed E-state index contributed by atoms with van der Waals surface area (Å²) in [6.07, 6.45) is 2.91. The van der Waals surface area contributed by atoms with Gasteiger partial charge in [-0.25, -0.2) is 0 Å². The highest BCUT2D eigenvalue weighted by atomic mass is 16.5. The molecule has 0 amide bonds. The normalized spacial score (nSPS) is 22.5. The van der Waals surface area contributed by atoms with Crippen LogP contribution in [0.3, 0.4) is 0 Å². The van der Waals surface area contributed by atoms with Crippen LogP contribution in [0.4, 0.5) is 0 Å². The Balaban J connectivity index is 2.25. The Labute approximate surface area is 87.6 Å². The highest BCUT2D eigenvalue weighted by Gasteiger charge is 2.19. The maximum Gasteiger partial charge on any atom is 0.0702 e. The van der Waals surface area contributed by atoms with Crippen molar-refractivity contribution in [2.45, 2.75) is 32.8 Å². The molecule has 0 saturated carbocycles. The van der Waals surface area contributed by atoms with E-state index in [1.54, 1.807) is 0 Å². The van der Waals surface area contributed by atoms with E-state index in [-0.39, 0.29) is 0 Å². The summed E-state index contributed by atoms with van der Waals surface area (Å²) in [6.45, 7) is 9.39. The molecule has 0 bridgehead atoms. The van der Waals surface area contributed by atoms with Gasteiger partial charge in [-0.05, 0) is 18.8 Å². The van der Waals surface area contributed by atoms with Gasteiger partial charge in [0, 0.05) is 32.8 Å². The summed E-state index contributed by atoms with van der Waals surface area (Å²) in [5.74, 6) is 0.711. The van der Waals surface area contributed by atoms with Crippen LogP contribution >= 0.6 is 0 Å². The molecule has 0 aromatic carbocycles. The van der Waals surface area contributed by atoms with Crippen molar-refractivity contribution in [2.75, 3.05) is 32.8 Å². The summed E-state index contributed by atoms with van der Waals surface area (Å²) in [7, 11) is 0. The van der Waals surface area contributed by atoms with Gasteiger partial charge in [-0.15, -0.1) is 0 Å². The van der Waals surface area contributed by atoms with Crippen LogP contribution in [0.5, 0.6) is 0 Å². The summed E-state index contributed by atoms with van der Waals surface area (Å²) in [5.41, 5.74) is 5.60. The molecule has 2 N–H and O–H groups in total. The average Bonchev–Trinajstić information content (AvgIpc) is 2.56. The highest BCUT2D eigenvalue weighted by molar-refractivity contribution is 4.71. The Bertz CT molecular complexity index is 144. The Morgan fingerprint density at radius 3 is 2.79 bits per heavy atom. The number of nitrogens with zero attached hydrogens (tertiary/aromatic N) is 1.